The lowest BCUT2D eigenvalue weighted by atomic mass is 9.95. The van der Waals surface area contributed by atoms with Crippen molar-refractivity contribution in [3.63, 3.8) is 0 Å². The first kappa shape index (κ1) is 28.2. The molecule has 4 rings (SSSR count). The number of nitrogens with one attached hydrogen (secondary N) is 1. The van der Waals surface area contributed by atoms with Gasteiger partial charge >= 0.3 is 18.0 Å². The molecular formula is C27H31F3N6O3. The van der Waals surface area contributed by atoms with E-state index in [-0.39, 0.29) is 37.0 Å². The monoisotopic (exact) mass is 544 g/mol. The average molecular weight is 545 g/mol. The van der Waals surface area contributed by atoms with Gasteiger partial charge in [0.2, 0.25) is 0 Å². The number of nitrogens with zero attached hydrogens (tertiary/aromatic N) is 5. The Kier molecular flexibility index (Phi) is 7.49. The Morgan fingerprint density at radius 3 is 2.56 bits per heavy atom. The summed E-state index contributed by atoms with van der Waals surface area (Å²) in [5.74, 6) is 0. The molecule has 3 heterocycles. The molecule has 0 aliphatic carbocycles. The van der Waals surface area contributed by atoms with Gasteiger partial charge in [0.05, 0.1) is 22.8 Å². The molecule has 0 saturated carbocycles. The van der Waals surface area contributed by atoms with Gasteiger partial charge in [-0.15, -0.1) is 0 Å². The molecule has 39 heavy (non-hydrogen) atoms. The first-order valence-corrected chi connectivity index (χ1v) is 12.6. The van der Waals surface area contributed by atoms with E-state index in [0.717, 1.165) is 0 Å². The number of halogens is 3. The van der Waals surface area contributed by atoms with Gasteiger partial charge in [-0.1, -0.05) is 26.8 Å². The van der Waals surface area contributed by atoms with Gasteiger partial charge in [-0.05, 0) is 48.1 Å². The van der Waals surface area contributed by atoms with Crippen LogP contribution in [0.5, 0.6) is 0 Å². The Labute approximate surface area is 223 Å². The van der Waals surface area contributed by atoms with E-state index in [4.69, 9.17) is 5.11 Å². The van der Waals surface area contributed by atoms with Crippen LogP contribution in [0, 0.1) is 16.7 Å². The zero-order valence-corrected chi connectivity index (χ0v) is 22.2. The largest absolute Gasteiger partial charge is 0.465 e. The molecule has 1 amide bonds. The Hall–Kier alpha value is -3.85. The Morgan fingerprint density at radius 1 is 1.23 bits per heavy atom. The fourth-order valence-electron chi connectivity index (χ4n) is 5.13. The Morgan fingerprint density at radius 2 is 1.95 bits per heavy atom. The highest BCUT2D eigenvalue weighted by molar-refractivity contribution is 5.78. The molecule has 1 fully saturated rings. The number of pyridine rings is 1. The number of alkyl halides is 3. The number of aromatic nitrogens is 3. The number of benzene rings is 1. The number of hydrogen-bond acceptors (Lipinski definition) is 5. The van der Waals surface area contributed by atoms with Crippen LogP contribution in [0.3, 0.4) is 0 Å². The van der Waals surface area contributed by atoms with Crippen molar-refractivity contribution in [2.45, 2.75) is 65.0 Å². The van der Waals surface area contributed by atoms with Crippen molar-refractivity contribution in [2.24, 2.45) is 12.5 Å². The van der Waals surface area contributed by atoms with Crippen LogP contribution in [0.2, 0.25) is 0 Å². The molecule has 12 heteroatoms. The van der Waals surface area contributed by atoms with Crippen molar-refractivity contribution in [1.82, 2.24) is 24.3 Å². The van der Waals surface area contributed by atoms with Gasteiger partial charge in [-0.3, -0.25) is 14.0 Å². The standard InChI is InChI=1S/C27H31F3N6O3/c1-26(2,3)15-36-21-8-7-20(33-23(21)34(4)25(36)39)19-11-16(5-6-17(19)13-31)14-35-10-9-18(32-24(37)38)12-22(35)27(28,29)30/h5-8,11,18,22,32H,9-10,12,14-15H2,1-4H3,(H,37,38)/t18-,22-/m0/s1. The highest BCUT2D eigenvalue weighted by Crippen LogP contribution is 2.34. The molecule has 0 spiro atoms. The van der Waals surface area contributed by atoms with Crippen LogP contribution in [-0.4, -0.2) is 55.0 Å². The van der Waals surface area contributed by atoms with Crippen LogP contribution in [0.1, 0.15) is 44.7 Å². The molecule has 3 aromatic rings. The highest BCUT2D eigenvalue weighted by Gasteiger charge is 2.47. The molecule has 1 aromatic carbocycles. The van der Waals surface area contributed by atoms with Crippen molar-refractivity contribution in [2.75, 3.05) is 6.54 Å². The summed E-state index contributed by atoms with van der Waals surface area (Å²) in [6, 6.07) is 7.85. The molecule has 1 saturated heterocycles. The van der Waals surface area contributed by atoms with Crippen LogP contribution >= 0.6 is 0 Å². The first-order valence-electron chi connectivity index (χ1n) is 12.6. The molecule has 0 unspecified atom stereocenters. The van der Waals surface area contributed by atoms with Gasteiger partial charge in [0.25, 0.3) is 0 Å². The van der Waals surface area contributed by atoms with Crippen molar-refractivity contribution in [1.29, 1.82) is 5.26 Å². The maximum atomic E-state index is 13.9. The first-order chi connectivity index (χ1) is 18.2. The number of nitriles is 1. The van der Waals surface area contributed by atoms with E-state index >= 15 is 0 Å². The molecule has 0 bridgehead atoms. The van der Waals surface area contributed by atoms with E-state index in [1.165, 1.54) is 9.47 Å². The van der Waals surface area contributed by atoms with Crippen molar-refractivity contribution >= 4 is 17.3 Å². The number of hydrogen-bond donors (Lipinski definition) is 2. The number of amides is 1. The van der Waals surface area contributed by atoms with E-state index in [0.29, 0.717) is 40.1 Å². The number of likely N-dealkylation sites (tertiary alicyclic amines) is 1. The van der Waals surface area contributed by atoms with E-state index < -0.39 is 24.4 Å². The van der Waals surface area contributed by atoms with Crippen LogP contribution < -0.4 is 11.0 Å². The quantitative estimate of drug-likeness (QED) is 0.489. The number of rotatable bonds is 5. The zero-order valence-electron chi connectivity index (χ0n) is 22.2. The second-order valence-corrected chi connectivity index (χ2v) is 11.2. The SMILES string of the molecule is Cn1c(=O)n(CC(C)(C)C)c2ccc(-c3cc(CN4CC[C@H](NC(=O)O)C[C@H]4C(F)(F)F)ccc3C#N)nc21. The normalized spacial score (nSPS) is 18.7. The topological polar surface area (TPSA) is 116 Å². The third kappa shape index (κ3) is 6.09. The highest BCUT2D eigenvalue weighted by atomic mass is 19.4. The molecule has 2 N–H and O–H groups in total. The third-order valence-electron chi connectivity index (χ3n) is 6.90. The van der Waals surface area contributed by atoms with Gasteiger partial charge in [0.1, 0.15) is 6.04 Å². The van der Waals surface area contributed by atoms with Gasteiger partial charge < -0.3 is 10.4 Å². The van der Waals surface area contributed by atoms with Gasteiger partial charge in [-0.25, -0.2) is 14.6 Å². The number of imidazole rings is 1. The summed E-state index contributed by atoms with van der Waals surface area (Å²) in [6.07, 6.45) is -6.01. The molecule has 9 nitrogen and oxygen atoms in total. The number of piperidine rings is 1. The third-order valence-corrected chi connectivity index (χ3v) is 6.90. The lowest BCUT2D eigenvalue weighted by Crippen LogP contribution is -2.54. The molecule has 1 aliphatic rings. The predicted molar refractivity (Wildman–Crippen MR) is 139 cm³/mol. The predicted octanol–water partition coefficient (Wildman–Crippen LogP) is 4.48. The second-order valence-electron chi connectivity index (χ2n) is 11.2. The van der Waals surface area contributed by atoms with Crippen LogP contribution in [0.15, 0.2) is 35.1 Å². The van der Waals surface area contributed by atoms with Crippen LogP contribution in [-0.2, 0) is 20.1 Å². The van der Waals surface area contributed by atoms with E-state index in [9.17, 15) is 28.0 Å². The number of fused-ring (bicyclic) bond motifs is 1. The fraction of sp³-hybridized carbons (Fsp3) is 0.481. The Balaban J connectivity index is 1.68. The van der Waals surface area contributed by atoms with Gasteiger partial charge in [0, 0.05) is 38.3 Å². The van der Waals surface area contributed by atoms with Crippen molar-refractivity contribution < 1.29 is 23.1 Å². The number of aryl methyl sites for hydroxylation is 1. The van der Waals surface area contributed by atoms with Gasteiger partial charge in [-0.2, -0.15) is 18.4 Å². The molecule has 208 valence electrons. The average Bonchev–Trinajstić information content (AvgIpc) is 3.07. The second kappa shape index (κ2) is 10.4. The summed E-state index contributed by atoms with van der Waals surface area (Å²) in [5, 5.41) is 20.8. The summed E-state index contributed by atoms with van der Waals surface area (Å²) in [5.41, 5.74) is 2.50. The minimum atomic E-state index is -4.54. The minimum Gasteiger partial charge on any atom is -0.465 e. The summed E-state index contributed by atoms with van der Waals surface area (Å²) in [4.78, 5) is 29.8. The molecular weight excluding hydrogens is 513 g/mol. The molecule has 1 aliphatic heterocycles. The minimum absolute atomic E-state index is 0.0363. The van der Waals surface area contributed by atoms with Crippen molar-refractivity contribution in [3.8, 4) is 17.3 Å². The fourth-order valence-corrected chi connectivity index (χ4v) is 5.13. The van der Waals surface area contributed by atoms with E-state index in [1.54, 1.807) is 41.9 Å². The van der Waals surface area contributed by atoms with Crippen molar-refractivity contribution in [3.05, 3.63) is 51.9 Å². The molecule has 2 atom stereocenters. The summed E-state index contributed by atoms with van der Waals surface area (Å²) >= 11 is 0. The van der Waals surface area contributed by atoms with Crippen LogP contribution in [0.25, 0.3) is 22.4 Å². The zero-order chi connectivity index (χ0) is 28.7. The summed E-state index contributed by atoms with van der Waals surface area (Å²) in [7, 11) is 1.63. The number of carbonyl (C=O) groups is 1. The summed E-state index contributed by atoms with van der Waals surface area (Å²) < 4.78 is 44.8. The molecule has 0 radical (unpaired) electrons. The lowest BCUT2D eigenvalue weighted by molar-refractivity contribution is -0.194. The van der Waals surface area contributed by atoms with E-state index in [2.05, 4.69) is 16.4 Å². The lowest BCUT2D eigenvalue weighted by Gasteiger charge is -2.40. The Bertz CT molecular complexity index is 1500. The number of carboxylic acid groups (broad SMARTS) is 1. The maximum Gasteiger partial charge on any atom is 0.404 e. The molecule has 2 aromatic heterocycles. The maximum absolute atomic E-state index is 13.9. The summed E-state index contributed by atoms with van der Waals surface area (Å²) in [6.45, 7) is 6.59. The van der Waals surface area contributed by atoms with Gasteiger partial charge in [0.15, 0.2) is 5.65 Å². The van der Waals surface area contributed by atoms with E-state index in [1.807, 2.05) is 20.8 Å². The van der Waals surface area contributed by atoms with Crippen LogP contribution in [0.4, 0.5) is 18.0 Å². The smallest absolute Gasteiger partial charge is 0.404 e.